The number of thiazole rings is 1. The number of hydrogen-bond donors (Lipinski definition) is 1. The topological polar surface area (TPSA) is 24.9 Å². The van der Waals surface area contributed by atoms with Crippen LogP contribution in [0.4, 0.5) is 0 Å². The smallest absolute Gasteiger partial charge is 0.108 e. The zero-order valence-electron chi connectivity index (χ0n) is 9.46. The van der Waals surface area contributed by atoms with Crippen molar-refractivity contribution in [1.82, 2.24) is 10.3 Å². The Morgan fingerprint density at radius 2 is 2.25 bits per heavy atom. The van der Waals surface area contributed by atoms with E-state index in [-0.39, 0.29) is 0 Å². The van der Waals surface area contributed by atoms with Crippen LogP contribution in [0.25, 0.3) is 10.2 Å². The number of aromatic nitrogens is 1. The van der Waals surface area contributed by atoms with E-state index in [0.717, 1.165) is 33.3 Å². The fourth-order valence-electron chi connectivity index (χ4n) is 1.50. The first-order valence-corrected chi connectivity index (χ1v) is 6.61. The fourth-order valence-corrected chi connectivity index (χ4v) is 2.73. The van der Waals surface area contributed by atoms with E-state index >= 15 is 0 Å². The number of hydrogen-bond acceptors (Lipinski definition) is 3. The summed E-state index contributed by atoms with van der Waals surface area (Å²) in [4.78, 5) is 4.54. The van der Waals surface area contributed by atoms with Crippen LogP contribution in [-0.4, -0.2) is 11.5 Å². The van der Waals surface area contributed by atoms with Crippen molar-refractivity contribution in [1.29, 1.82) is 0 Å². The van der Waals surface area contributed by atoms with E-state index < -0.39 is 0 Å². The first-order chi connectivity index (χ1) is 7.66. The van der Waals surface area contributed by atoms with E-state index in [1.54, 1.807) is 11.3 Å². The van der Waals surface area contributed by atoms with Crippen molar-refractivity contribution in [3.8, 4) is 0 Å². The SMILES string of the molecule is CC(C)CNCc1nc2cccc(Cl)c2s1. The van der Waals surface area contributed by atoms with Gasteiger partial charge in [-0.1, -0.05) is 31.5 Å². The average Bonchev–Trinajstić information content (AvgIpc) is 2.61. The summed E-state index contributed by atoms with van der Waals surface area (Å²) in [6.07, 6.45) is 0. The van der Waals surface area contributed by atoms with Gasteiger partial charge in [0.15, 0.2) is 0 Å². The zero-order valence-corrected chi connectivity index (χ0v) is 11.0. The molecule has 1 N–H and O–H groups in total. The summed E-state index contributed by atoms with van der Waals surface area (Å²) in [5.74, 6) is 0.665. The molecule has 1 aromatic carbocycles. The van der Waals surface area contributed by atoms with Crippen LogP contribution in [0, 0.1) is 5.92 Å². The van der Waals surface area contributed by atoms with Gasteiger partial charge >= 0.3 is 0 Å². The molecule has 0 atom stereocenters. The lowest BCUT2D eigenvalue weighted by Gasteiger charge is -2.04. The minimum Gasteiger partial charge on any atom is -0.310 e. The third kappa shape index (κ3) is 2.73. The van der Waals surface area contributed by atoms with E-state index in [1.807, 2.05) is 18.2 Å². The molecule has 0 radical (unpaired) electrons. The molecule has 0 bridgehead atoms. The van der Waals surface area contributed by atoms with Crippen LogP contribution < -0.4 is 5.32 Å². The molecule has 0 unspecified atom stereocenters. The van der Waals surface area contributed by atoms with Crippen LogP contribution in [0.2, 0.25) is 5.02 Å². The van der Waals surface area contributed by atoms with Crippen LogP contribution in [0.3, 0.4) is 0 Å². The van der Waals surface area contributed by atoms with Gasteiger partial charge in [0.25, 0.3) is 0 Å². The number of halogens is 1. The first kappa shape index (κ1) is 11.8. The molecular weight excluding hydrogens is 240 g/mol. The highest BCUT2D eigenvalue weighted by Gasteiger charge is 2.06. The molecule has 0 saturated heterocycles. The molecule has 1 heterocycles. The largest absolute Gasteiger partial charge is 0.310 e. The summed E-state index contributed by atoms with van der Waals surface area (Å²) < 4.78 is 1.09. The van der Waals surface area contributed by atoms with Crippen LogP contribution in [-0.2, 0) is 6.54 Å². The third-order valence-corrected chi connectivity index (χ3v) is 3.77. The summed E-state index contributed by atoms with van der Waals surface area (Å²) in [5, 5.41) is 5.28. The van der Waals surface area contributed by atoms with Gasteiger partial charge in [-0.25, -0.2) is 4.98 Å². The van der Waals surface area contributed by atoms with E-state index in [0.29, 0.717) is 5.92 Å². The Kier molecular flexibility index (Phi) is 3.79. The maximum Gasteiger partial charge on any atom is 0.108 e. The molecular formula is C12H15ClN2S. The predicted octanol–water partition coefficient (Wildman–Crippen LogP) is 3.70. The number of nitrogens with one attached hydrogen (secondary N) is 1. The summed E-state index contributed by atoms with van der Waals surface area (Å²) in [6.45, 7) is 6.24. The van der Waals surface area contributed by atoms with Crippen LogP contribution in [0.5, 0.6) is 0 Å². The molecule has 2 nitrogen and oxygen atoms in total. The molecule has 4 heteroatoms. The van der Waals surface area contributed by atoms with Crippen molar-refractivity contribution in [2.24, 2.45) is 5.92 Å². The second kappa shape index (κ2) is 5.13. The van der Waals surface area contributed by atoms with Gasteiger partial charge in [-0.3, -0.25) is 0 Å². The lowest BCUT2D eigenvalue weighted by Crippen LogP contribution is -2.18. The zero-order chi connectivity index (χ0) is 11.5. The number of fused-ring (bicyclic) bond motifs is 1. The van der Waals surface area contributed by atoms with Gasteiger partial charge in [-0.15, -0.1) is 11.3 Å². The highest BCUT2D eigenvalue weighted by molar-refractivity contribution is 7.19. The van der Waals surface area contributed by atoms with E-state index in [9.17, 15) is 0 Å². The monoisotopic (exact) mass is 254 g/mol. The second-order valence-corrected chi connectivity index (χ2v) is 5.71. The average molecular weight is 255 g/mol. The van der Waals surface area contributed by atoms with Crippen molar-refractivity contribution in [2.75, 3.05) is 6.54 Å². The molecule has 2 rings (SSSR count). The summed E-state index contributed by atoms with van der Waals surface area (Å²) in [6, 6.07) is 5.85. The van der Waals surface area contributed by atoms with Crippen molar-refractivity contribution in [2.45, 2.75) is 20.4 Å². The van der Waals surface area contributed by atoms with Gasteiger partial charge in [0.2, 0.25) is 0 Å². The number of rotatable bonds is 4. The van der Waals surface area contributed by atoms with Gasteiger partial charge in [0, 0.05) is 6.54 Å². The molecule has 16 heavy (non-hydrogen) atoms. The Morgan fingerprint density at radius 1 is 1.44 bits per heavy atom. The Bertz CT molecular complexity index is 479. The predicted molar refractivity (Wildman–Crippen MR) is 71.2 cm³/mol. The van der Waals surface area contributed by atoms with Gasteiger partial charge in [0.1, 0.15) is 5.01 Å². The maximum atomic E-state index is 6.10. The first-order valence-electron chi connectivity index (χ1n) is 5.41. The molecule has 0 aliphatic rings. The highest BCUT2D eigenvalue weighted by Crippen LogP contribution is 2.28. The molecule has 0 saturated carbocycles. The summed E-state index contributed by atoms with van der Waals surface area (Å²) >= 11 is 7.77. The minimum absolute atomic E-state index is 0.665. The lowest BCUT2D eigenvalue weighted by atomic mass is 10.2. The maximum absolute atomic E-state index is 6.10. The second-order valence-electron chi connectivity index (χ2n) is 4.22. The lowest BCUT2D eigenvalue weighted by molar-refractivity contribution is 0.552. The van der Waals surface area contributed by atoms with Crippen molar-refractivity contribution in [3.05, 3.63) is 28.2 Å². The van der Waals surface area contributed by atoms with Crippen LogP contribution in [0.1, 0.15) is 18.9 Å². The minimum atomic E-state index is 0.665. The third-order valence-electron chi connectivity index (χ3n) is 2.24. The summed E-state index contributed by atoms with van der Waals surface area (Å²) in [5.41, 5.74) is 0.999. The van der Waals surface area contributed by atoms with Gasteiger partial charge < -0.3 is 5.32 Å². The summed E-state index contributed by atoms with van der Waals surface area (Å²) in [7, 11) is 0. The Labute approximate surface area is 105 Å². The molecule has 0 fully saturated rings. The van der Waals surface area contributed by atoms with E-state index in [2.05, 4.69) is 24.1 Å². The number of benzene rings is 1. The van der Waals surface area contributed by atoms with Crippen molar-refractivity contribution >= 4 is 33.2 Å². The Hall–Kier alpha value is -0.640. The fraction of sp³-hybridized carbons (Fsp3) is 0.417. The van der Waals surface area contributed by atoms with E-state index in [1.165, 1.54) is 0 Å². The van der Waals surface area contributed by atoms with Gasteiger partial charge in [-0.2, -0.15) is 0 Å². The molecule has 0 amide bonds. The normalized spacial score (nSPS) is 11.5. The molecule has 0 aliphatic heterocycles. The molecule has 1 aromatic heterocycles. The van der Waals surface area contributed by atoms with Crippen molar-refractivity contribution < 1.29 is 0 Å². The molecule has 2 aromatic rings. The Morgan fingerprint density at radius 3 is 2.94 bits per heavy atom. The van der Waals surface area contributed by atoms with Crippen molar-refractivity contribution in [3.63, 3.8) is 0 Å². The van der Waals surface area contributed by atoms with Crippen LogP contribution >= 0.6 is 22.9 Å². The van der Waals surface area contributed by atoms with Gasteiger partial charge in [-0.05, 0) is 24.6 Å². The molecule has 86 valence electrons. The quantitative estimate of drug-likeness (QED) is 0.900. The van der Waals surface area contributed by atoms with Gasteiger partial charge in [0.05, 0.1) is 15.2 Å². The van der Waals surface area contributed by atoms with Crippen LogP contribution in [0.15, 0.2) is 18.2 Å². The molecule has 0 aliphatic carbocycles. The standard InChI is InChI=1S/C12H15ClN2S/c1-8(2)6-14-7-11-15-10-5-3-4-9(13)12(10)16-11/h3-5,8,14H,6-7H2,1-2H3. The highest BCUT2D eigenvalue weighted by atomic mass is 35.5. The number of nitrogens with zero attached hydrogens (tertiary/aromatic N) is 1. The molecule has 0 spiro atoms. The Balaban J connectivity index is 2.11. The van der Waals surface area contributed by atoms with E-state index in [4.69, 9.17) is 11.6 Å².